The molecule has 0 bridgehead atoms. The predicted octanol–water partition coefficient (Wildman–Crippen LogP) is 3.21. The lowest BCUT2D eigenvalue weighted by molar-refractivity contribution is 0.0146. The summed E-state index contributed by atoms with van der Waals surface area (Å²) < 4.78 is 11.9. The van der Waals surface area contributed by atoms with Crippen LogP contribution in [0.5, 0.6) is 11.5 Å². The van der Waals surface area contributed by atoms with Gasteiger partial charge in [0.2, 0.25) is 0 Å². The maximum atomic E-state index is 13.5. The number of carbonyl (C=O) groups is 1. The Morgan fingerprint density at radius 1 is 1.13 bits per heavy atom. The van der Waals surface area contributed by atoms with E-state index in [-0.39, 0.29) is 18.2 Å². The standard InChI is InChI=1S/C24H36N4O3/c1-2-12-26-17-22(28(24(26)29)18-7-4-3-5-8-18)27-13-11-25-16-20(27)19-9-6-10-21-23(19)31-15-14-30-21/h6,9-10,18,20,22,25H,2-5,7-8,11-17H2,1H3. The van der Waals surface area contributed by atoms with Gasteiger partial charge in [-0.2, -0.15) is 0 Å². The van der Waals surface area contributed by atoms with Crippen molar-refractivity contribution in [1.29, 1.82) is 0 Å². The first kappa shape index (κ1) is 20.9. The van der Waals surface area contributed by atoms with Gasteiger partial charge in [0.15, 0.2) is 11.5 Å². The molecule has 0 radical (unpaired) electrons. The van der Waals surface area contributed by atoms with E-state index in [1.807, 2.05) is 6.07 Å². The highest BCUT2D eigenvalue weighted by molar-refractivity contribution is 5.77. The van der Waals surface area contributed by atoms with Crippen molar-refractivity contribution in [2.45, 2.75) is 63.7 Å². The van der Waals surface area contributed by atoms with E-state index < -0.39 is 0 Å². The number of urea groups is 1. The minimum absolute atomic E-state index is 0.120. The Balaban J connectivity index is 1.47. The lowest BCUT2D eigenvalue weighted by atomic mass is 9.93. The number of ether oxygens (including phenoxy) is 2. The molecule has 4 aliphatic rings. The highest BCUT2D eigenvalue weighted by atomic mass is 16.6. The number of fused-ring (bicyclic) bond motifs is 1. The van der Waals surface area contributed by atoms with E-state index in [0.29, 0.717) is 19.3 Å². The lowest BCUT2D eigenvalue weighted by Gasteiger charge is -2.45. The summed E-state index contributed by atoms with van der Waals surface area (Å²) in [5.74, 6) is 1.72. The Morgan fingerprint density at radius 2 is 1.97 bits per heavy atom. The molecular weight excluding hydrogens is 392 g/mol. The second-order valence-electron chi connectivity index (χ2n) is 9.24. The number of piperazine rings is 1. The van der Waals surface area contributed by atoms with Crippen LogP contribution in [-0.2, 0) is 0 Å². The Hall–Kier alpha value is -1.99. The maximum Gasteiger partial charge on any atom is 0.321 e. The molecule has 1 aromatic rings. The van der Waals surface area contributed by atoms with Gasteiger partial charge in [-0.25, -0.2) is 4.79 Å². The van der Waals surface area contributed by atoms with Crippen molar-refractivity contribution in [1.82, 2.24) is 20.0 Å². The summed E-state index contributed by atoms with van der Waals surface area (Å²) in [5.41, 5.74) is 1.18. The number of carbonyl (C=O) groups excluding carboxylic acids is 1. The van der Waals surface area contributed by atoms with Crippen LogP contribution in [0.15, 0.2) is 18.2 Å². The van der Waals surface area contributed by atoms with Crippen LogP contribution in [0.3, 0.4) is 0 Å². The monoisotopic (exact) mass is 428 g/mol. The topological polar surface area (TPSA) is 57.3 Å². The van der Waals surface area contributed by atoms with Crippen LogP contribution in [0.1, 0.15) is 57.1 Å². The van der Waals surface area contributed by atoms with Gasteiger partial charge in [0, 0.05) is 37.8 Å². The molecule has 1 aliphatic carbocycles. The fourth-order valence-electron chi connectivity index (χ4n) is 5.86. The molecule has 2 amide bonds. The van der Waals surface area contributed by atoms with Gasteiger partial charge in [0.25, 0.3) is 0 Å². The van der Waals surface area contributed by atoms with Crippen LogP contribution in [0.4, 0.5) is 4.79 Å². The summed E-state index contributed by atoms with van der Waals surface area (Å²) in [6.45, 7) is 7.71. The van der Waals surface area contributed by atoms with Gasteiger partial charge in [-0.1, -0.05) is 38.3 Å². The SMILES string of the molecule is CCCN1CC(N2CCNCC2c2cccc3c2OCCO3)N(C2CCCCC2)C1=O. The summed E-state index contributed by atoms with van der Waals surface area (Å²) in [4.78, 5) is 20.4. The van der Waals surface area contributed by atoms with Gasteiger partial charge >= 0.3 is 6.03 Å². The molecule has 5 rings (SSSR count). The highest BCUT2D eigenvalue weighted by Crippen LogP contribution is 2.41. The number of rotatable bonds is 5. The summed E-state index contributed by atoms with van der Waals surface area (Å²) in [7, 11) is 0. The Labute approximate surface area is 185 Å². The maximum absolute atomic E-state index is 13.5. The van der Waals surface area contributed by atoms with Crippen LogP contribution in [0.2, 0.25) is 0 Å². The summed E-state index contributed by atoms with van der Waals surface area (Å²) in [6, 6.07) is 7.01. The number of hydrogen-bond donors (Lipinski definition) is 1. The molecule has 1 N–H and O–H groups in total. The van der Waals surface area contributed by atoms with Gasteiger partial charge in [-0.05, 0) is 25.3 Å². The van der Waals surface area contributed by atoms with Crippen LogP contribution in [0.25, 0.3) is 0 Å². The minimum Gasteiger partial charge on any atom is -0.486 e. The van der Waals surface area contributed by atoms with E-state index in [1.165, 1.54) is 24.8 Å². The average Bonchev–Trinajstić information content (AvgIpc) is 3.15. The van der Waals surface area contributed by atoms with E-state index >= 15 is 0 Å². The van der Waals surface area contributed by atoms with Crippen molar-refractivity contribution in [2.24, 2.45) is 0 Å². The Kier molecular flexibility index (Phi) is 6.23. The number of benzene rings is 1. The molecule has 3 heterocycles. The molecule has 31 heavy (non-hydrogen) atoms. The van der Waals surface area contributed by atoms with Crippen LogP contribution in [0, 0.1) is 0 Å². The van der Waals surface area contributed by atoms with Crippen molar-refractivity contribution < 1.29 is 14.3 Å². The summed E-state index contributed by atoms with van der Waals surface area (Å²) >= 11 is 0. The van der Waals surface area contributed by atoms with Crippen molar-refractivity contribution in [3.8, 4) is 11.5 Å². The second-order valence-corrected chi connectivity index (χ2v) is 9.24. The van der Waals surface area contributed by atoms with E-state index in [1.54, 1.807) is 0 Å². The molecule has 0 spiro atoms. The molecule has 2 unspecified atom stereocenters. The largest absolute Gasteiger partial charge is 0.486 e. The van der Waals surface area contributed by atoms with Crippen molar-refractivity contribution >= 4 is 6.03 Å². The molecule has 3 fully saturated rings. The Morgan fingerprint density at radius 3 is 2.81 bits per heavy atom. The number of para-hydroxylation sites is 1. The third-order valence-corrected chi connectivity index (χ3v) is 7.28. The number of nitrogens with one attached hydrogen (secondary N) is 1. The van der Waals surface area contributed by atoms with Crippen LogP contribution >= 0.6 is 0 Å². The first-order chi connectivity index (χ1) is 15.3. The number of hydrogen-bond acceptors (Lipinski definition) is 5. The van der Waals surface area contributed by atoms with Crippen LogP contribution in [-0.4, -0.2) is 78.9 Å². The molecule has 2 atom stereocenters. The third kappa shape index (κ3) is 3.98. The average molecular weight is 429 g/mol. The molecule has 2 saturated heterocycles. The minimum atomic E-state index is 0.120. The van der Waals surface area contributed by atoms with Gasteiger partial charge < -0.3 is 24.6 Å². The quantitative estimate of drug-likeness (QED) is 0.781. The number of amides is 2. The molecular formula is C24H36N4O3. The molecule has 3 aliphatic heterocycles. The predicted molar refractivity (Wildman–Crippen MR) is 120 cm³/mol. The fourth-order valence-corrected chi connectivity index (χ4v) is 5.86. The first-order valence-electron chi connectivity index (χ1n) is 12.2. The van der Waals surface area contributed by atoms with Gasteiger partial charge in [-0.3, -0.25) is 4.90 Å². The second kappa shape index (κ2) is 9.25. The zero-order valence-corrected chi connectivity index (χ0v) is 18.7. The smallest absolute Gasteiger partial charge is 0.321 e. The zero-order valence-electron chi connectivity index (χ0n) is 18.7. The van der Waals surface area contributed by atoms with Crippen molar-refractivity contribution in [3.05, 3.63) is 23.8 Å². The van der Waals surface area contributed by atoms with E-state index in [0.717, 1.165) is 63.5 Å². The van der Waals surface area contributed by atoms with Crippen molar-refractivity contribution in [3.63, 3.8) is 0 Å². The first-order valence-corrected chi connectivity index (χ1v) is 12.2. The number of nitrogens with zero attached hydrogens (tertiary/aromatic N) is 3. The van der Waals surface area contributed by atoms with Gasteiger partial charge in [0.05, 0.1) is 12.6 Å². The van der Waals surface area contributed by atoms with Gasteiger partial charge in [0.1, 0.15) is 19.4 Å². The van der Waals surface area contributed by atoms with Crippen LogP contribution < -0.4 is 14.8 Å². The molecule has 1 saturated carbocycles. The summed E-state index contributed by atoms with van der Waals surface area (Å²) in [5, 5.41) is 3.58. The third-order valence-electron chi connectivity index (χ3n) is 7.28. The van der Waals surface area contributed by atoms with E-state index in [2.05, 4.69) is 39.1 Å². The van der Waals surface area contributed by atoms with E-state index in [4.69, 9.17) is 9.47 Å². The molecule has 7 heteroatoms. The highest BCUT2D eigenvalue weighted by Gasteiger charge is 2.46. The molecule has 1 aromatic carbocycles. The van der Waals surface area contributed by atoms with Crippen molar-refractivity contribution in [2.75, 3.05) is 45.9 Å². The fraction of sp³-hybridized carbons (Fsp3) is 0.708. The molecule has 170 valence electrons. The Bertz CT molecular complexity index is 782. The normalized spacial score (nSPS) is 27.7. The molecule has 0 aromatic heterocycles. The molecule has 7 nitrogen and oxygen atoms in total. The lowest BCUT2D eigenvalue weighted by Crippen LogP contribution is -2.58. The zero-order chi connectivity index (χ0) is 21.2. The van der Waals surface area contributed by atoms with E-state index in [9.17, 15) is 4.79 Å². The van der Waals surface area contributed by atoms with Gasteiger partial charge in [-0.15, -0.1) is 0 Å². The summed E-state index contributed by atoms with van der Waals surface area (Å²) in [6.07, 6.45) is 7.15.